The highest BCUT2D eigenvalue weighted by Crippen LogP contribution is 2.40. The number of pyridine rings is 1. The zero-order valence-electron chi connectivity index (χ0n) is 23.0. The van der Waals surface area contributed by atoms with Gasteiger partial charge in [0.15, 0.2) is 0 Å². The molecule has 4 heterocycles. The van der Waals surface area contributed by atoms with Crippen molar-refractivity contribution in [2.24, 2.45) is 22.7 Å². The Morgan fingerprint density at radius 3 is 2.56 bits per heavy atom. The number of carbonyl (C=O) groups excluding carboxylic acids is 2. The van der Waals surface area contributed by atoms with E-state index < -0.39 is 18.3 Å². The highest BCUT2D eigenvalue weighted by atomic mass is 32.2. The predicted octanol–water partition coefficient (Wildman–Crippen LogP) is 5.26. The van der Waals surface area contributed by atoms with E-state index in [0.29, 0.717) is 36.3 Å². The molecule has 1 saturated carbocycles. The maximum Gasteiger partial charge on any atom is 0.255 e. The van der Waals surface area contributed by atoms with Crippen molar-refractivity contribution in [2.45, 2.75) is 65.0 Å². The number of rotatable bonds is 8. The number of alkyl halides is 2. The van der Waals surface area contributed by atoms with Crippen LogP contribution in [-0.2, 0) is 4.79 Å². The van der Waals surface area contributed by atoms with E-state index >= 15 is 0 Å². The number of halogens is 2. The maximum absolute atomic E-state index is 13.5. The van der Waals surface area contributed by atoms with Crippen LogP contribution in [0.25, 0.3) is 11.0 Å². The number of likely N-dealkylation sites (tertiary alicyclic amines) is 1. The number of fused-ring (bicyclic) bond motifs is 1. The average Bonchev–Trinajstić information content (AvgIpc) is 3.18. The van der Waals surface area contributed by atoms with Crippen LogP contribution < -0.4 is 5.32 Å². The van der Waals surface area contributed by atoms with Gasteiger partial charge in [-0.25, -0.2) is 18.8 Å². The van der Waals surface area contributed by atoms with Crippen LogP contribution in [0.2, 0.25) is 0 Å². The fourth-order valence-corrected chi connectivity index (χ4v) is 7.35. The SMILES string of the molecule is CSC1=CC(C)=NC(=O)C1CNC(=O)c1c(C)n([C@H](C)C2CCC(N3CC(C(F)F)C3)CC2)c2ncccc12. The highest BCUT2D eigenvalue weighted by Gasteiger charge is 2.40. The van der Waals surface area contributed by atoms with E-state index in [2.05, 4.69) is 31.7 Å². The molecule has 0 aromatic carbocycles. The van der Waals surface area contributed by atoms with Crippen LogP contribution in [0.1, 0.15) is 61.6 Å². The van der Waals surface area contributed by atoms with Crippen molar-refractivity contribution in [3.05, 3.63) is 40.6 Å². The molecule has 10 heteroatoms. The molecule has 2 aromatic rings. The molecule has 1 saturated heterocycles. The molecule has 2 atom stereocenters. The lowest BCUT2D eigenvalue weighted by molar-refractivity contribution is -0.120. The second-order valence-corrected chi connectivity index (χ2v) is 12.0. The maximum atomic E-state index is 13.5. The Labute approximate surface area is 232 Å². The summed E-state index contributed by atoms with van der Waals surface area (Å²) in [5, 5.41) is 3.80. The lowest BCUT2D eigenvalue weighted by atomic mass is 9.80. The second-order valence-electron chi connectivity index (χ2n) is 11.2. The second kappa shape index (κ2) is 11.5. The van der Waals surface area contributed by atoms with Gasteiger partial charge >= 0.3 is 0 Å². The molecule has 39 heavy (non-hydrogen) atoms. The molecule has 1 unspecified atom stereocenters. The molecule has 7 nitrogen and oxygen atoms in total. The van der Waals surface area contributed by atoms with E-state index in [0.717, 1.165) is 47.3 Å². The van der Waals surface area contributed by atoms with Crippen molar-refractivity contribution >= 4 is 40.3 Å². The van der Waals surface area contributed by atoms with Crippen LogP contribution in [-0.4, -0.2) is 70.3 Å². The van der Waals surface area contributed by atoms with Gasteiger partial charge in [0.05, 0.1) is 11.5 Å². The third-order valence-corrected chi connectivity index (χ3v) is 9.73. The molecule has 0 radical (unpaired) electrons. The molecule has 2 aliphatic heterocycles. The van der Waals surface area contributed by atoms with Crippen LogP contribution in [0.3, 0.4) is 0 Å². The third-order valence-electron chi connectivity index (χ3n) is 8.86. The van der Waals surface area contributed by atoms with Crippen LogP contribution in [0, 0.1) is 24.7 Å². The number of allylic oxidation sites excluding steroid dienone is 1. The molecule has 2 aromatic heterocycles. The van der Waals surface area contributed by atoms with Gasteiger partial charge in [-0.3, -0.25) is 14.5 Å². The first-order chi connectivity index (χ1) is 18.7. The summed E-state index contributed by atoms with van der Waals surface area (Å²) in [6, 6.07) is 4.30. The average molecular weight is 558 g/mol. The number of dihydropyridines is 1. The minimum Gasteiger partial charge on any atom is -0.351 e. The van der Waals surface area contributed by atoms with Crippen LogP contribution in [0.15, 0.2) is 34.3 Å². The highest BCUT2D eigenvalue weighted by molar-refractivity contribution is 8.02. The monoisotopic (exact) mass is 557 g/mol. The van der Waals surface area contributed by atoms with Gasteiger partial charge < -0.3 is 9.88 Å². The first-order valence-electron chi connectivity index (χ1n) is 13.8. The summed E-state index contributed by atoms with van der Waals surface area (Å²) in [4.78, 5) is 38.0. The molecule has 2 amide bonds. The van der Waals surface area contributed by atoms with Crippen molar-refractivity contribution in [3.63, 3.8) is 0 Å². The van der Waals surface area contributed by atoms with E-state index in [1.54, 1.807) is 13.1 Å². The normalized spacial score (nSPS) is 25.4. The van der Waals surface area contributed by atoms with Gasteiger partial charge in [-0.1, -0.05) is 0 Å². The quantitative estimate of drug-likeness (QED) is 0.479. The fourth-order valence-electron chi connectivity index (χ4n) is 6.59. The summed E-state index contributed by atoms with van der Waals surface area (Å²) in [5.74, 6) is -0.979. The van der Waals surface area contributed by atoms with Crippen molar-refractivity contribution in [3.8, 4) is 0 Å². The Morgan fingerprint density at radius 2 is 1.90 bits per heavy atom. The lowest BCUT2D eigenvalue weighted by Gasteiger charge is -2.47. The standard InChI is InChI=1S/C29H37F2N5O2S/c1-16-12-24(39-4)23(28(37)34-16)13-33-29(38)25-18(3)36(27-22(25)6-5-11-32-27)17(2)19-7-9-21(10-8-19)35-14-20(15-35)26(30)31/h5-6,11-12,17,19-21,23,26H,7-10,13-15H2,1-4H3,(H,33,38)/t17-,19?,21?,23?/m1/s1. The summed E-state index contributed by atoms with van der Waals surface area (Å²) >= 11 is 1.50. The van der Waals surface area contributed by atoms with Gasteiger partial charge in [0.2, 0.25) is 6.43 Å². The Hall–Kier alpha value is -2.59. The van der Waals surface area contributed by atoms with Gasteiger partial charge in [0, 0.05) is 65.5 Å². The van der Waals surface area contributed by atoms with E-state index in [-0.39, 0.29) is 24.4 Å². The van der Waals surface area contributed by atoms with Crippen LogP contribution >= 0.6 is 11.8 Å². The Bertz CT molecular complexity index is 1310. The number of carbonyl (C=O) groups is 2. The molecule has 5 rings (SSSR count). The zero-order valence-corrected chi connectivity index (χ0v) is 23.8. The van der Waals surface area contributed by atoms with Gasteiger partial charge in [0.1, 0.15) is 5.65 Å². The summed E-state index contributed by atoms with van der Waals surface area (Å²) in [6.07, 6.45) is 7.41. The fraction of sp³-hybridized carbons (Fsp3) is 0.586. The number of nitrogens with one attached hydrogen (secondary N) is 1. The first kappa shape index (κ1) is 28.0. The number of aromatic nitrogens is 2. The summed E-state index contributed by atoms with van der Waals surface area (Å²) in [6.45, 7) is 7.18. The Morgan fingerprint density at radius 1 is 1.18 bits per heavy atom. The first-order valence-corrected chi connectivity index (χ1v) is 15.0. The lowest BCUT2D eigenvalue weighted by Crippen LogP contribution is -2.55. The van der Waals surface area contributed by atoms with Crippen molar-refractivity contribution in [2.75, 3.05) is 25.9 Å². The summed E-state index contributed by atoms with van der Waals surface area (Å²) in [5.41, 5.74) is 2.93. The van der Waals surface area contributed by atoms with E-state index in [4.69, 9.17) is 0 Å². The number of nitrogens with zero attached hydrogens (tertiary/aromatic N) is 4. The van der Waals surface area contributed by atoms with Crippen LogP contribution in [0.4, 0.5) is 8.78 Å². The molecular weight excluding hydrogens is 520 g/mol. The topological polar surface area (TPSA) is 79.6 Å². The smallest absolute Gasteiger partial charge is 0.255 e. The van der Waals surface area contributed by atoms with Crippen molar-refractivity contribution in [1.29, 1.82) is 0 Å². The predicted molar refractivity (Wildman–Crippen MR) is 152 cm³/mol. The molecule has 1 aliphatic carbocycles. The van der Waals surface area contributed by atoms with E-state index in [1.807, 2.05) is 31.4 Å². The largest absolute Gasteiger partial charge is 0.351 e. The molecule has 210 valence electrons. The number of thioether (sulfide) groups is 1. The molecule has 0 bridgehead atoms. The Balaban J connectivity index is 1.30. The number of hydrogen-bond donors (Lipinski definition) is 1. The Kier molecular flexibility index (Phi) is 8.24. The number of hydrogen-bond acceptors (Lipinski definition) is 5. The van der Waals surface area contributed by atoms with Gasteiger partial charge in [-0.05, 0) is 76.8 Å². The molecule has 0 spiro atoms. The molecule has 1 N–H and O–H groups in total. The number of aliphatic imine (C=N–C) groups is 1. The summed E-state index contributed by atoms with van der Waals surface area (Å²) in [7, 11) is 0. The summed E-state index contributed by atoms with van der Waals surface area (Å²) < 4.78 is 28.0. The minimum atomic E-state index is -2.22. The van der Waals surface area contributed by atoms with Gasteiger partial charge in [0.25, 0.3) is 11.8 Å². The zero-order chi connectivity index (χ0) is 27.8. The van der Waals surface area contributed by atoms with Crippen molar-refractivity contribution < 1.29 is 18.4 Å². The molecule has 3 aliphatic rings. The third kappa shape index (κ3) is 5.42. The van der Waals surface area contributed by atoms with Crippen LogP contribution in [0.5, 0.6) is 0 Å². The van der Waals surface area contributed by atoms with Gasteiger partial charge in [-0.2, -0.15) is 0 Å². The number of amides is 2. The minimum absolute atomic E-state index is 0.137. The van der Waals surface area contributed by atoms with Gasteiger partial charge in [-0.15, -0.1) is 11.8 Å². The molecular formula is C29H37F2N5O2S. The molecule has 2 fully saturated rings. The van der Waals surface area contributed by atoms with E-state index in [1.165, 1.54) is 11.8 Å². The van der Waals surface area contributed by atoms with Crippen molar-refractivity contribution in [1.82, 2.24) is 19.8 Å². The van der Waals surface area contributed by atoms with E-state index in [9.17, 15) is 18.4 Å².